The summed E-state index contributed by atoms with van der Waals surface area (Å²) >= 11 is 4.90. The van der Waals surface area contributed by atoms with E-state index in [1.54, 1.807) is 0 Å². The first kappa shape index (κ1) is 20.1. The maximum Gasteiger partial charge on any atom is 0.234 e. The average Bonchev–Trinajstić information content (AvgIpc) is 3.07. The number of anilines is 1. The molecular weight excluding hydrogens is 424 g/mol. The summed E-state index contributed by atoms with van der Waals surface area (Å²) in [6.07, 6.45) is 8.02. The van der Waals surface area contributed by atoms with Gasteiger partial charge in [0.15, 0.2) is 5.16 Å². The third kappa shape index (κ3) is 5.23. The van der Waals surface area contributed by atoms with Gasteiger partial charge in [0.2, 0.25) is 5.91 Å². The number of nitrogens with one attached hydrogen (secondary N) is 1. The Hall–Kier alpha value is -1.60. The summed E-state index contributed by atoms with van der Waals surface area (Å²) in [5.41, 5.74) is 1.89. The van der Waals surface area contributed by atoms with Gasteiger partial charge >= 0.3 is 0 Å². The fourth-order valence-corrected chi connectivity index (χ4v) is 4.42. The van der Waals surface area contributed by atoms with Gasteiger partial charge < -0.3 is 9.88 Å². The Kier molecular flexibility index (Phi) is 7.13. The number of rotatable bonds is 7. The Balaban J connectivity index is 1.64. The molecule has 144 valence electrons. The van der Waals surface area contributed by atoms with Crippen molar-refractivity contribution >= 4 is 39.3 Å². The fraction of sp³-hybridized carbons (Fsp3) is 0.450. The molecule has 0 radical (unpaired) electrons. The molecule has 1 heterocycles. The average molecular weight is 449 g/mol. The Labute approximate surface area is 173 Å². The van der Waals surface area contributed by atoms with Gasteiger partial charge in [0, 0.05) is 22.6 Å². The number of thioether (sulfide) groups is 1. The number of amides is 1. The molecule has 1 fully saturated rings. The van der Waals surface area contributed by atoms with E-state index in [9.17, 15) is 4.79 Å². The first-order chi connectivity index (χ1) is 13.1. The van der Waals surface area contributed by atoms with Crippen LogP contribution >= 0.6 is 27.7 Å². The third-order valence-corrected chi connectivity index (χ3v) is 6.66. The molecule has 1 aromatic carbocycles. The maximum absolute atomic E-state index is 12.3. The molecule has 0 unspecified atom stereocenters. The summed E-state index contributed by atoms with van der Waals surface area (Å²) in [7, 11) is 0. The van der Waals surface area contributed by atoms with Crippen LogP contribution in [0.3, 0.4) is 0 Å². The molecule has 0 bridgehead atoms. The number of benzene rings is 1. The maximum atomic E-state index is 12.3. The van der Waals surface area contributed by atoms with Gasteiger partial charge in [-0.05, 0) is 43.5 Å². The van der Waals surface area contributed by atoms with Crippen molar-refractivity contribution in [2.45, 2.75) is 56.6 Å². The molecule has 5 nitrogen and oxygen atoms in total. The van der Waals surface area contributed by atoms with E-state index >= 15 is 0 Å². The number of hydrogen-bond acceptors (Lipinski definition) is 4. The largest absolute Gasteiger partial charge is 0.325 e. The zero-order valence-corrected chi connectivity index (χ0v) is 18.0. The summed E-state index contributed by atoms with van der Waals surface area (Å²) in [6, 6.07) is 5.78. The summed E-state index contributed by atoms with van der Waals surface area (Å²) < 4.78 is 3.15. The highest BCUT2D eigenvalue weighted by molar-refractivity contribution is 9.10. The van der Waals surface area contributed by atoms with Gasteiger partial charge in [-0.15, -0.1) is 16.8 Å². The molecule has 1 aliphatic rings. The van der Waals surface area contributed by atoms with Crippen LogP contribution in [0.4, 0.5) is 5.69 Å². The topological polar surface area (TPSA) is 59.8 Å². The zero-order chi connectivity index (χ0) is 19.2. The van der Waals surface area contributed by atoms with E-state index in [-0.39, 0.29) is 5.91 Å². The number of aromatic nitrogens is 3. The van der Waals surface area contributed by atoms with Gasteiger partial charge in [-0.2, -0.15) is 0 Å². The van der Waals surface area contributed by atoms with Crippen LogP contribution in [0.5, 0.6) is 0 Å². The fourth-order valence-electron chi connectivity index (χ4n) is 3.42. The molecule has 0 atom stereocenters. The van der Waals surface area contributed by atoms with E-state index in [1.165, 1.54) is 43.9 Å². The number of halogens is 1. The molecular formula is C20H25BrN4OS. The Morgan fingerprint density at radius 1 is 1.37 bits per heavy atom. The lowest BCUT2D eigenvalue weighted by atomic mass is 9.89. The van der Waals surface area contributed by atoms with E-state index in [2.05, 4.69) is 42.6 Å². The van der Waals surface area contributed by atoms with Gasteiger partial charge in [0.05, 0.1) is 5.75 Å². The predicted molar refractivity (Wildman–Crippen MR) is 114 cm³/mol. The summed E-state index contributed by atoms with van der Waals surface area (Å²) in [4.78, 5) is 12.3. The highest BCUT2D eigenvalue weighted by Gasteiger charge is 2.23. The van der Waals surface area contributed by atoms with Crippen LogP contribution in [0.15, 0.2) is 40.5 Å². The quantitative estimate of drug-likeness (QED) is 0.460. The molecule has 3 rings (SSSR count). The van der Waals surface area contributed by atoms with Crippen LogP contribution in [0.2, 0.25) is 0 Å². The van der Waals surface area contributed by atoms with Crippen molar-refractivity contribution in [2.24, 2.45) is 0 Å². The van der Waals surface area contributed by atoms with Crippen LogP contribution in [0.1, 0.15) is 49.4 Å². The first-order valence-corrected chi connectivity index (χ1v) is 11.1. The number of hydrogen-bond donors (Lipinski definition) is 1. The smallest absolute Gasteiger partial charge is 0.234 e. The van der Waals surface area contributed by atoms with Gasteiger partial charge in [0.25, 0.3) is 0 Å². The second-order valence-corrected chi connectivity index (χ2v) is 8.67. The van der Waals surface area contributed by atoms with Crippen molar-refractivity contribution in [1.29, 1.82) is 0 Å². The van der Waals surface area contributed by atoms with Crippen molar-refractivity contribution in [3.63, 3.8) is 0 Å². The van der Waals surface area contributed by atoms with Crippen molar-refractivity contribution < 1.29 is 4.79 Å². The van der Waals surface area contributed by atoms with E-state index in [1.807, 2.05) is 31.2 Å². The van der Waals surface area contributed by atoms with Crippen molar-refractivity contribution in [3.05, 3.63) is 46.7 Å². The minimum Gasteiger partial charge on any atom is -0.325 e. The third-order valence-electron chi connectivity index (χ3n) is 4.80. The molecule has 1 N–H and O–H groups in total. The summed E-state index contributed by atoms with van der Waals surface area (Å²) in [6.45, 7) is 6.53. The Morgan fingerprint density at radius 2 is 2.15 bits per heavy atom. The Bertz CT molecular complexity index is 814. The van der Waals surface area contributed by atoms with Gasteiger partial charge in [-0.25, -0.2) is 0 Å². The molecule has 1 saturated carbocycles. The SMILES string of the molecule is C=CCn1c(SCC(=O)Nc2ccc(Br)c(C)c2)nnc1C1CCCCC1. The second-order valence-electron chi connectivity index (χ2n) is 6.88. The van der Waals surface area contributed by atoms with E-state index < -0.39 is 0 Å². The lowest BCUT2D eigenvalue weighted by Gasteiger charge is -2.21. The van der Waals surface area contributed by atoms with Crippen LogP contribution < -0.4 is 5.32 Å². The number of allylic oxidation sites excluding steroid dienone is 1. The molecule has 1 amide bonds. The van der Waals surface area contributed by atoms with Gasteiger partial charge in [0.1, 0.15) is 5.82 Å². The molecule has 0 aliphatic heterocycles. The number of carbonyl (C=O) groups excluding carboxylic acids is 1. The number of carbonyl (C=O) groups is 1. The molecule has 7 heteroatoms. The standard InChI is InChI=1S/C20H25BrN4OS/c1-3-11-25-19(15-7-5-4-6-8-15)23-24-20(25)27-13-18(26)22-16-9-10-17(21)14(2)12-16/h3,9-10,12,15H,1,4-8,11,13H2,2H3,(H,22,26). The minimum absolute atomic E-state index is 0.0471. The van der Waals surface area contributed by atoms with Crippen LogP contribution in [-0.4, -0.2) is 26.4 Å². The van der Waals surface area contributed by atoms with Crippen molar-refractivity contribution in [1.82, 2.24) is 14.8 Å². The Morgan fingerprint density at radius 3 is 2.85 bits per heavy atom. The predicted octanol–water partition coefficient (Wildman–Crippen LogP) is 5.31. The second kappa shape index (κ2) is 9.55. The highest BCUT2D eigenvalue weighted by atomic mass is 79.9. The van der Waals surface area contributed by atoms with Crippen LogP contribution in [0.25, 0.3) is 0 Å². The summed E-state index contributed by atoms with van der Waals surface area (Å²) in [5, 5.41) is 12.5. The monoisotopic (exact) mass is 448 g/mol. The lowest BCUT2D eigenvalue weighted by Crippen LogP contribution is -2.15. The van der Waals surface area contributed by atoms with E-state index in [0.717, 1.165) is 26.7 Å². The first-order valence-electron chi connectivity index (χ1n) is 9.31. The van der Waals surface area contributed by atoms with Crippen LogP contribution in [0, 0.1) is 6.92 Å². The lowest BCUT2D eigenvalue weighted by molar-refractivity contribution is -0.113. The van der Waals surface area contributed by atoms with Gasteiger partial charge in [-0.1, -0.05) is 53.0 Å². The molecule has 0 saturated heterocycles. The minimum atomic E-state index is -0.0471. The normalized spacial score (nSPS) is 14.9. The molecule has 0 spiro atoms. The highest BCUT2D eigenvalue weighted by Crippen LogP contribution is 2.33. The number of aryl methyl sites for hydroxylation is 1. The molecule has 1 aromatic heterocycles. The van der Waals surface area contributed by atoms with Crippen molar-refractivity contribution in [3.8, 4) is 0 Å². The van der Waals surface area contributed by atoms with E-state index in [0.29, 0.717) is 18.2 Å². The molecule has 27 heavy (non-hydrogen) atoms. The van der Waals surface area contributed by atoms with Crippen LogP contribution in [-0.2, 0) is 11.3 Å². The van der Waals surface area contributed by atoms with E-state index in [4.69, 9.17) is 0 Å². The molecule has 2 aromatic rings. The number of nitrogens with zero attached hydrogens (tertiary/aromatic N) is 3. The molecule has 1 aliphatic carbocycles. The summed E-state index contributed by atoms with van der Waals surface area (Å²) in [5.74, 6) is 1.77. The van der Waals surface area contributed by atoms with Gasteiger partial charge in [-0.3, -0.25) is 4.79 Å². The van der Waals surface area contributed by atoms with Crippen molar-refractivity contribution in [2.75, 3.05) is 11.1 Å². The zero-order valence-electron chi connectivity index (χ0n) is 15.6.